The van der Waals surface area contributed by atoms with Gasteiger partial charge in [-0.1, -0.05) is 10.8 Å². The Kier molecular flexibility index (Phi) is 4.28. The number of anilines is 1. The van der Waals surface area contributed by atoms with E-state index in [4.69, 9.17) is 0 Å². The van der Waals surface area contributed by atoms with Crippen LogP contribution in [0.5, 0.6) is 0 Å². The van der Waals surface area contributed by atoms with E-state index in [2.05, 4.69) is 0 Å². The van der Waals surface area contributed by atoms with Gasteiger partial charge in [-0.25, -0.2) is 0 Å². The number of hydrogen-bond acceptors (Lipinski definition) is 5. The van der Waals surface area contributed by atoms with Crippen molar-refractivity contribution >= 4 is 17.4 Å². The lowest BCUT2D eigenvalue weighted by molar-refractivity contribution is -0.894. The van der Waals surface area contributed by atoms with Crippen molar-refractivity contribution in [1.82, 2.24) is 4.90 Å². The van der Waals surface area contributed by atoms with Gasteiger partial charge in [0.1, 0.15) is 19.3 Å². The minimum absolute atomic E-state index is 0.0343. The number of benzene rings is 1. The highest BCUT2D eigenvalue weighted by molar-refractivity contribution is 5.94. The summed E-state index contributed by atoms with van der Waals surface area (Å²) in [6.45, 7) is 2.24. The first-order valence-corrected chi connectivity index (χ1v) is 7.55. The molecule has 24 heavy (non-hydrogen) atoms. The molecule has 0 bridgehead atoms. The molecular weight excluding hydrogens is 312 g/mol. The van der Waals surface area contributed by atoms with Crippen LogP contribution in [0.2, 0.25) is 0 Å². The minimum Gasteiger partial charge on any atom is -0.350 e. The Morgan fingerprint density at radius 3 is 2.33 bits per heavy atom. The number of aromatic nitrogens is 1. The van der Waals surface area contributed by atoms with Crippen LogP contribution in [0.25, 0.3) is 0 Å². The zero-order valence-electron chi connectivity index (χ0n) is 12.9. The number of rotatable bonds is 3. The van der Waals surface area contributed by atoms with Crippen LogP contribution < -0.4 is 9.63 Å². The van der Waals surface area contributed by atoms with Crippen molar-refractivity contribution in [2.24, 2.45) is 0 Å². The highest BCUT2D eigenvalue weighted by atomic mass is 16.6. The van der Waals surface area contributed by atoms with Crippen LogP contribution in [0.1, 0.15) is 10.4 Å². The van der Waals surface area contributed by atoms with E-state index < -0.39 is 4.92 Å². The van der Waals surface area contributed by atoms with E-state index in [9.17, 15) is 20.1 Å². The van der Waals surface area contributed by atoms with Crippen molar-refractivity contribution in [2.45, 2.75) is 0 Å². The largest absolute Gasteiger partial charge is 0.350 e. The minimum atomic E-state index is -0.489. The van der Waals surface area contributed by atoms with Crippen molar-refractivity contribution < 1.29 is 19.7 Å². The summed E-state index contributed by atoms with van der Waals surface area (Å²) >= 11 is 0. The number of non-ortho nitro benzene ring substituents is 1. The number of carbonyl (C=O) groups is 1. The van der Waals surface area contributed by atoms with Crippen molar-refractivity contribution in [3.05, 3.63) is 64.3 Å². The monoisotopic (exact) mass is 329 g/mol. The molecule has 124 valence electrons. The van der Waals surface area contributed by atoms with Gasteiger partial charge in [-0.3, -0.25) is 19.8 Å². The Morgan fingerprint density at radius 2 is 1.75 bits per heavy atom. The van der Waals surface area contributed by atoms with Crippen molar-refractivity contribution in [2.75, 3.05) is 31.1 Å². The summed E-state index contributed by atoms with van der Waals surface area (Å²) in [6, 6.07) is 11.0. The second kappa shape index (κ2) is 6.53. The molecule has 0 unspecified atom stereocenters. The topological polar surface area (TPSA) is 90.8 Å². The summed E-state index contributed by atoms with van der Waals surface area (Å²) in [5.74, 6) is 0.536. The SMILES string of the molecule is O=C(c1ccc([N+](=O)[O-])cc1)N1CCN(c2cccc[n+]2O)CC1. The van der Waals surface area contributed by atoms with Gasteiger partial charge >= 0.3 is 5.82 Å². The molecule has 2 aromatic rings. The van der Waals surface area contributed by atoms with Gasteiger partial charge in [-0.15, -0.1) is 0 Å². The smallest absolute Gasteiger partial charge is 0.316 e. The first-order chi connectivity index (χ1) is 11.6. The van der Waals surface area contributed by atoms with E-state index in [1.807, 2.05) is 17.0 Å². The van der Waals surface area contributed by atoms with Gasteiger partial charge in [0, 0.05) is 23.8 Å². The Bertz CT molecular complexity index is 755. The molecule has 0 radical (unpaired) electrons. The molecule has 1 aliphatic rings. The van der Waals surface area contributed by atoms with Crippen molar-refractivity contribution in [3.8, 4) is 0 Å². The van der Waals surface area contributed by atoms with Crippen LogP contribution in [0.3, 0.4) is 0 Å². The number of piperazine rings is 1. The molecule has 1 aliphatic heterocycles. The maximum Gasteiger partial charge on any atom is 0.316 e. The summed E-state index contributed by atoms with van der Waals surface area (Å²) in [7, 11) is 0. The van der Waals surface area contributed by atoms with Gasteiger partial charge in [0.2, 0.25) is 0 Å². The number of nitrogens with zero attached hydrogens (tertiary/aromatic N) is 4. The van der Waals surface area contributed by atoms with Crippen LogP contribution in [-0.4, -0.2) is 47.1 Å². The number of nitro benzene ring substituents is 1. The van der Waals surface area contributed by atoms with Crippen molar-refractivity contribution in [1.29, 1.82) is 0 Å². The Hall–Kier alpha value is -3.16. The molecule has 1 aromatic carbocycles. The molecule has 0 spiro atoms. The maximum atomic E-state index is 12.5. The van der Waals surface area contributed by atoms with Crippen LogP contribution in [0.4, 0.5) is 11.5 Å². The zero-order valence-corrected chi connectivity index (χ0v) is 12.9. The van der Waals surface area contributed by atoms with Gasteiger partial charge < -0.3 is 10.1 Å². The predicted octanol–water partition coefficient (Wildman–Crippen LogP) is 1.08. The van der Waals surface area contributed by atoms with E-state index >= 15 is 0 Å². The fourth-order valence-corrected chi connectivity index (χ4v) is 2.72. The maximum absolute atomic E-state index is 12.5. The number of amides is 1. The second-order valence-electron chi connectivity index (χ2n) is 5.49. The third kappa shape index (κ3) is 3.12. The quantitative estimate of drug-likeness (QED) is 0.394. The number of nitro groups is 1. The van der Waals surface area contributed by atoms with Crippen LogP contribution in [-0.2, 0) is 0 Å². The second-order valence-corrected chi connectivity index (χ2v) is 5.49. The first-order valence-electron chi connectivity index (χ1n) is 7.55. The van der Waals surface area contributed by atoms with E-state index in [0.717, 1.165) is 4.73 Å². The molecule has 8 heteroatoms. The Morgan fingerprint density at radius 1 is 1.08 bits per heavy atom. The average molecular weight is 329 g/mol. The molecule has 1 saturated heterocycles. The predicted molar refractivity (Wildman–Crippen MR) is 85.0 cm³/mol. The zero-order chi connectivity index (χ0) is 17.1. The summed E-state index contributed by atoms with van der Waals surface area (Å²) in [5.41, 5.74) is 0.402. The lowest BCUT2D eigenvalue weighted by atomic mass is 10.1. The van der Waals surface area contributed by atoms with Gasteiger partial charge in [-0.2, -0.15) is 0 Å². The first kappa shape index (κ1) is 15.7. The standard InChI is InChI=1S/C16H17N4O4/c21-16(13-4-6-14(7-5-13)20(23)24)18-11-9-17(10-12-18)15-3-1-2-8-19(15)22/h1-8,22H,9-12H2/q+1. The lowest BCUT2D eigenvalue weighted by Crippen LogP contribution is -2.52. The fourth-order valence-electron chi connectivity index (χ4n) is 2.72. The summed E-state index contributed by atoms with van der Waals surface area (Å²) in [4.78, 5) is 26.4. The Balaban J connectivity index is 1.65. The van der Waals surface area contributed by atoms with Gasteiger partial charge in [-0.05, 0) is 18.2 Å². The normalized spacial score (nSPS) is 14.5. The summed E-state index contributed by atoms with van der Waals surface area (Å²) in [5, 5.41) is 20.5. The molecule has 1 fully saturated rings. The number of carbonyl (C=O) groups excluding carboxylic acids is 1. The van der Waals surface area contributed by atoms with Crippen LogP contribution >= 0.6 is 0 Å². The van der Waals surface area contributed by atoms with E-state index in [0.29, 0.717) is 37.6 Å². The molecule has 0 saturated carbocycles. The molecule has 3 rings (SSSR count). The van der Waals surface area contributed by atoms with Crippen LogP contribution in [0.15, 0.2) is 48.7 Å². The van der Waals surface area contributed by atoms with Crippen molar-refractivity contribution in [3.63, 3.8) is 0 Å². The van der Waals surface area contributed by atoms with Crippen LogP contribution in [0, 0.1) is 10.1 Å². The van der Waals surface area contributed by atoms with Gasteiger partial charge in [0.15, 0.2) is 0 Å². The highest BCUT2D eigenvalue weighted by Crippen LogP contribution is 2.16. The number of pyridine rings is 1. The van der Waals surface area contributed by atoms with E-state index in [1.54, 1.807) is 17.2 Å². The fraction of sp³-hybridized carbons (Fsp3) is 0.250. The number of hydrogen-bond donors (Lipinski definition) is 1. The van der Waals surface area contributed by atoms with Gasteiger partial charge in [0.25, 0.3) is 11.6 Å². The third-order valence-electron chi connectivity index (χ3n) is 4.03. The molecule has 0 atom stereocenters. The average Bonchev–Trinajstić information content (AvgIpc) is 2.62. The Labute approximate surface area is 138 Å². The molecule has 0 aliphatic carbocycles. The molecular formula is C16H17N4O4+. The summed E-state index contributed by atoms with van der Waals surface area (Å²) in [6.07, 6.45) is 1.56. The van der Waals surface area contributed by atoms with E-state index in [-0.39, 0.29) is 11.6 Å². The molecule has 1 N–H and O–H groups in total. The molecule has 1 amide bonds. The molecule has 1 aromatic heterocycles. The molecule has 8 nitrogen and oxygen atoms in total. The lowest BCUT2D eigenvalue weighted by Gasteiger charge is -2.31. The van der Waals surface area contributed by atoms with E-state index in [1.165, 1.54) is 24.3 Å². The van der Waals surface area contributed by atoms with Gasteiger partial charge in [0.05, 0.1) is 18.0 Å². The third-order valence-corrected chi connectivity index (χ3v) is 4.03. The highest BCUT2D eigenvalue weighted by Gasteiger charge is 2.28. The molecule has 2 heterocycles. The summed E-state index contributed by atoms with van der Waals surface area (Å²) < 4.78 is 1.06.